The van der Waals surface area contributed by atoms with Gasteiger partial charge in [-0.05, 0) is 40.3 Å². The highest BCUT2D eigenvalue weighted by atomic mass is 16.5. The monoisotopic (exact) mass is 330 g/mol. The molecule has 3 aromatic rings. The van der Waals surface area contributed by atoms with E-state index in [1.807, 2.05) is 66.7 Å². The third-order valence-corrected chi connectivity index (χ3v) is 4.24. The maximum absolute atomic E-state index is 12.2. The second kappa shape index (κ2) is 7.80. The third kappa shape index (κ3) is 4.36. The molecule has 2 heteroatoms. The van der Waals surface area contributed by atoms with E-state index in [0.29, 0.717) is 11.5 Å². The van der Waals surface area contributed by atoms with Crippen molar-refractivity contribution in [3.8, 4) is 11.1 Å². The summed E-state index contributed by atoms with van der Waals surface area (Å²) in [6.45, 7) is 4.61. The Labute approximate surface area is 149 Å². The van der Waals surface area contributed by atoms with Gasteiger partial charge in [0.25, 0.3) is 0 Å². The van der Waals surface area contributed by atoms with E-state index in [2.05, 4.69) is 26.0 Å². The Hall–Kier alpha value is -2.87. The first kappa shape index (κ1) is 17.0. The van der Waals surface area contributed by atoms with E-state index < -0.39 is 0 Å². The minimum Gasteiger partial charge on any atom is -0.457 e. The Bertz CT molecular complexity index is 816. The number of carbonyl (C=O) groups excluding carboxylic acids is 1. The van der Waals surface area contributed by atoms with Crippen molar-refractivity contribution in [2.45, 2.75) is 26.4 Å². The van der Waals surface area contributed by atoms with Crippen molar-refractivity contribution in [1.82, 2.24) is 0 Å². The molecule has 126 valence electrons. The largest absolute Gasteiger partial charge is 0.457 e. The fourth-order valence-corrected chi connectivity index (χ4v) is 2.66. The zero-order valence-electron chi connectivity index (χ0n) is 14.6. The standard InChI is InChI=1S/C23H22O2/c1-17(2)19-10-8-18(9-11-19)16-25-23(24)22-14-12-21(13-15-22)20-6-4-3-5-7-20/h3-15,17H,16H2,1-2H3. The van der Waals surface area contributed by atoms with Crippen LogP contribution in [-0.4, -0.2) is 5.97 Å². The smallest absolute Gasteiger partial charge is 0.338 e. The zero-order chi connectivity index (χ0) is 17.6. The molecular formula is C23H22O2. The highest BCUT2D eigenvalue weighted by Crippen LogP contribution is 2.20. The van der Waals surface area contributed by atoms with Crippen molar-refractivity contribution in [1.29, 1.82) is 0 Å². The van der Waals surface area contributed by atoms with Crippen molar-refractivity contribution in [3.63, 3.8) is 0 Å². The van der Waals surface area contributed by atoms with Crippen LogP contribution in [0.5, 0.6) is 0 Å². The molecule has 0 saturated heterocycles. The van der Waals surface area contributed by atoms with Crippen molar-refractivity contribution < 1.29 is 9.53 Å². The van der Waals surface area contributed by atoms with Crippen molar-refractivity contribution in [2.24, 2.45) is 0 Å². The molecule has 0 aliphatic carbocycles. The lowest BCUT2D eigenvalue weighted by Gasteiger charge is -2.08. The lowest BCUT2D eigenvalue weighted by atomic mass is 10.0. The molecule has 0 amide bonds. The summed E-state index contributed by atoms with van der Waals surface area (Å²) < 4.78 is 5.42. The topological polar surface area (TPSA) is 26.3 Å². The van der Waals surface area contributed by atoms with Crippen LogP contribution in [0.15, 0.2) is 78.9 Å². The fraction of sp³-hybridized carbons (Fsp3) is 0.174. The number of hydrogen-bond acceptors (Lipinski definition) is 2. The summed E-state index contributed by atoms with van der Waals surface area (Å²) in [4.78, 5) is 12.2. The van der Waals surface area contributed by atoms with Crippen LogP contribution in [0.2, 0.25) is 0 Å². The minimum absolute atomic E-state index is 0.289. The molecule has 0 bridgehead atoms. The zero-order valence-corrected chi connectivity index (χ0v) is 14.6. The lowest BCUT2D eigenvalue weighted by molar-refractivity contribution is 0.0472. The van der Waals surface area contributed by atoms with Gasteiger partial charge in [0.15, 0.2) is 0 Å². The number of carbonyl (C=O) groups is 1. The quantitative estimate of drug-likeness (QED) is 0.550. The molecule has 0 aliphatic heterocycles. The summed E-state index contributed by atoms with van der Waals surface area (Å²) >= 11 is 0. The molecule has 0 aromatic heterocycles. The molecule has 3 rings (SSSR count). The molecule has 0 heterocycles. The average Bonchev–Trinajstić information content (AvgIpc) is 2.67. The van der Waals surface area contributed by atoms with Crippen LogP contribution in [0.4, 0.5) is 0 Å². The Morgan fingerprint density at radius 1 is 0.800 bits per heavy atom. The van der Waals surface area contributed by atoms with Gasteiger partial charge < -0.3 is 4.74 Å². The predicted octanol–water partition coefficient (Wildman–Crippen LogP) is 5.83. The van der Waals surface area contributed by atoms with E-state index in [4.69, 9.17) is 4.74 Å². The summed E-state index contributed by atoms with van der Waals surface area (Å²) in [5.41, 5.74) is 5.07. The first-order valence-electron chi connectivity index (χ1n) is 8.55. The second-order valence-corrected chi connectivity index (χ2v) is 6.42. The van der Waals surface area contributed by atoms with Gasteiger partial charge in [-0.3, -0.25) is 0 Å². The summed E-state index contributed by atoms with van der Waals surface area (Å²) in [7, 11) is 0. The predicted molar refractivity (Wildman–Crippen MR) is 102 cm³/mol. The maximum atomic E-state index is 12.2. The molecule has 0 aliphatic rings. The Balaban J connectivity index is 1.61. The number of hydrogen-bond donors (Lipinski definition) is 0. The van der Waals surface area contributed by atoms with Gasteiger partial charge in [0.2, 0.25) is 0 Å². The molecule has 0 N–H and O–H groups in total. The van der Waals surface area contributed by atoms with Crippen LogP contribution >= 0.6 is 0 Å². The van der Waals surface area contributed by atoms with Gasteiger partial charge in [-0.2, -0.15) is 0 Å². The number of benzene rings is 3. The molecule has 0 radical (unpaired) electrons. The van der Waals surface area contributed by atoms with E-state index in [1.165, 1.54) is 5.56 Å². The summed E-state index contributed by atoms with van der Waals surface area (Å²) in [6, 6.07) is 25.8. The highest BCUT2D eigenvalue weighted by molar-refractivity contribution is 5.90. The van der Waals surface area contributed by atoms with Gasteiger partial charge in [0, 0.05) is 0 Å². The van der Waals surface area contributed by atoms with Gasteiger partial charge in [-0.25, -0.2) is 4.79 Å². The van der Waals surface area contributed by atoms with Gasteiger partial charge >= 0.3 is 5.97 Å². The Morgan fingerprint density at radius 3 is 2.00 bits per heavy atom. The van der Waals surface area contributed by atoms with Gasteiger partial charge in [0.05, 0.1) is 5.56 Å². The molecule has 0 saturated carbocycles. The van der Waals surface area contributed by atoms with E-state index in [0.717, 1.165) is 16.7 Å². The first-order valence-corrected chi connectivity index (χ1v) is 8.55. The SMILES string of the molecule is CC(C)c1ccc(COC(=O)c2ccc(-c3ccccc3)cc2)cc1. The maximum Gasteiger partial charge on any atom is 0.338 e. The van der Waals surface area contributed by atoms with Gasteiger partial charge in [-0.15, -0.1) is 0 Å². The van der Waals surface area contributed by atoms with Crippen molar-refractivity contribution in [3.05, 3.63) is 95.6 Å². The lowest BCUT2D eigenvalue weighted by Crippen LogP contribution is -2.05. The van der Waals surface area contributed by atoms with E-state index in [1.54, 1.807) is 0 Å². The van der Waals surface area contributed by atoms with E-state index in [9.17, 15) is 4.79 Å². The van der Waals surface area contributed by atoms with Crippen molar-refractivity contribution in [2.75, 3.05) is 0 Å². The van der Waals surface area contributed by atoms with Crippen LogP contribution in [0.3, 0.4) is 0 Å². The van der Waals surface area contributed by atoms with Gasteiger partial charge in [-0.1, -0.05) is 80.6 Å². The van der Waals surface area contributed by atoms with Crippen LogP contribution < -0.4 is 0 Å². The minimum atomic E-state index is -0.299. The normalized spacial score (nSPS) is 10.7. The van der Waals surface area contributed by atoms with Crippen LogP contribution in [0, 0.1) is 0 Å². The summed E-state index contributed by atoms with van der Waals surface area (Å²) in [6.07, 6.45) is 0. The fourth-order valence-electron chi connectivity index (χ4n) is 2.66. The third-order valence-electron chi connectivity index (χ3n) is 4.24. The molecule has 0 unspecified atom stereocenters. The number of rotatable bonds is 5. The summed E-state index contributed by atoms with van der Waals surface area (Å²) in [5, 5.41) is 0. The van der Waals surface area contributed by atoms with E-state index in [-0.39, 0.29) is 12.6 Å². The highest BCUT2D eigenvalue weighted by Gasteiger charge is 2.08. The van der Waals surface area contributed by atoms with Crippen molar-refractivity contribution >= 4 is 5.97 Å². The molecule has 2 nitrogen and oxygen atoms in total. The van der Waals surface area contributed by atoms with Crippen LogP contribution in [0.25, 0.3) is 11.1 Å². The van der Waals surface area contributed by atoms with Crippen LogP contribution in [-0.2, 0) is 11.3 Å². The first-order chi connectivity index (χ1) is 12.1. The molecule has 25 heavy (non-hydrogen) atoms. The average molecular weight is 330 g/mol. The van der Waals surface area contributed by atoms with Crippen LogP contribution in [0.1, 0.15) is 41.3 Å². The van der Waals surface area contributed by atoms with E-state index >= 15 is 0 Å². The number of esters is 1. The Kier molecular flexibility index (Phi) is 5.30. The molecule has 3 aromatic carbocycles. The molecule has 0 spiro atoms. The molecule has 0 fully saturated rings. The number of ether oxygens (including phenoxy) is 1. The molecule has 0 atom stereocenters. The van der Waals surface area contributed by atoms with Gasteiger partial charge in [0.1, 0.15) is 6.61 Å². The molecular weight excluding hydrogens is 308 g/mol. The second-order valence-electron chi connectivity index (χ2n) is 6.42. The summed E-state index contributed by atoms with van der Waals surface area (Å²) in [5.74, 6) is 0.201. The Morgan fingerprint density at radius 2 is 1.40 bits per heavy atom.